The van der Waals surface area contributed by atoms with Gasteiger partial charge in [0.25, 0.3) is 4.84 Å². The lowest BCUT2D eigenvalue weighted by molar-refractivity contribution is -0.117. The van der Waals surface area contributed by atoms with Gasteiger partial charge in [-0.05, 0) is 61.5 Å². The maximum absolute atomic E-state index is 12.4. The normalized spacial score (nSPS) is 15.1. The van der Waals surface area contributed by atoms with E-state index in [0.717, 1.165) is 31.7 Å². The molecule has 1 aliphatic heterocycles. The zero-order valence-electron chi connectivity index (χ0n) is 18.2. The number of hydrogen-bond donors (Lipinski definition) is 1. The molecule has 7 nitrogen and oxygen atoms in total. The van der Waals surface area contributed by atoms with Gasteiger partial charge >= 0.3 is 0 Å². The molecule has 0 bridgehead atoms. The number of aryl methyl sites for hydroxylation is 2. The molecular formula is C23H26ClN5O2S. The van der Waals surface area contributed by atoms with E-state index in [-0.39, 0.29) is 5.91 Å². The van der Waals surface area contributed by atoms with Crippen LogP contribution in [0.4, 0.5) is 5.69 Å². The molecule has 0 saturated carbocycles. The number of amides is 1. The lowest BCUT2D eigenvalue weighted by Crippen LogP contribution is -2.48. The second kappa shape index (κ2) is 9.95. The van der Waals surface area contributed by atoms with E-state index in [1.54, 1.807) is 16.8 Å². The van der Waals surface area contributed by atoms with Gasteiger partial charge in [0.05, 0.1) is 23.9 Å². The molecular weight excluding hydrogens is 446 g/mol. The lowest BCUT2D eigenvalue weighted by atomic mass is 10.1. The highest BCUT2D eigenvalue weighted by Gasteiger charge is 2.20. The molecule has 1 saturated heterocycles. The van der Waals surface area contributed by atoms with Crippen LogP contribution in [0.15, 0.2) is 46.9 Å². The van der Waals surface area contributed by atoms with Gasteiger partial charge < -0.3 is 9.73 Å². The summed E-state index contributed by atoms with van der Waals surface area (Å²) in [7, 11) is 0. The maximum Gasteiger partial charge on any atom is 0.288 e. The summed E-state index contributed by atoms with van der Waals surface area (Å²) in [5.41, 5.74) is 3.98. The van der Waals surface area contributed by atoms with E-state index in [4.69, 9.17) is 28.2 Å². The number of hydrogen-bond acceptors (Lipinski definition) is 6. The van der Waals surface area contributed by atoms with Gasteiger partial charge in [0.1, 0.15) is 0 Å². The summed E-state index contributed by atoms with van der Waals surface area (Å²) in [5.74, 6) is 0.469. The second-order valence-electron chi connectivity index (χ2n) is 8.04. The Morgan fingerprint density at radius 1 is 1.09 bits per heavy atom. The van der Waals surface area contributed by atoms with Crippen molar-refractivity contribution < 1.29 is 9.21 Å². The van der Waals surface area contributed by atoms with E-state index < -0.39 is 0 Å². The van der Waals surface area contributed by atoms with E-state index in [2.05, 4.69) is 46.2 Å². The van der Waals surface area contributed by atoms with Crippen molar-refractivity contribution in [2.45, 2.75) is 20.5 Å². The van der Waals surface area contributed by atoms with E-state index >= 15 is 0 Å². The Kier molecular flexibility index (Phi) is 7.05. The molecule has 1 amide bonds. The number of benzene rings is 2. The van der Waals surface area contributed by atoms with Crippen molar-refractivity contribution in [2.24, 2.45) is 0 Å². The Labute approximate surface area is 197 Å². The number of carbonyl (C=O) groups is 1. The Morgan fingerprint density at radius 3 is 2.53 bits per heavy atom. The minimum Gasteiger partial charge on any atom is -0.409 e. The summed E-state index contributed by atoms with van der Waals surface area (Å²) < 4.78 is 7.46. The summed E-state index contributed by atoms with van der Waals surface area (Å²) in [6.45, 7) is 8.23. The van der Waals surface area contributed by atoms with Crippen molar-refractivity contribution >= 4 is 35.4 Å². The van der Waals surface area contributed by atoms with Crippen LogP contribution < -0.4 is 5.32 Å². The first-order chi connectivity index (χ1) is 15.4. The molecule has 9 heteroatoms. The summed E-state index contributed by atoms with van der Waals surface area (Å²) in [6.07, 6.45) is 0. The third-order valence-corrected chi connectivity index (χ3v) is 6.30. The number of rotatable bonds is 6. The minimum absolute atomic E-state index is 0.0664. The molecule has 168 valence electrons. The molecule has 1 aromatic heterocycles. The van der Waals surface area contributed by atoms with Crippen LogP contribution >= 0.6 is 23.8 Å². The topological polar surface area (TPSA) is 66.5 Å². The molecule has 0 spiro atoms. The lowest BCUT2D eigenvalue weighted by Gasteiger charge is -2.33. The number of halogens is 1. The number of nitrogens with one attached hydrogen (secondary N) is 1. The molecule has 0 unspecified atom stereocenters. The molecule has 4 rings (SSSR count). The van der Waals surface area contributed by atoms with Gasteiger partial charge in [0.15, 0.2) is 0 Å². The second-order valence-corrected chi connectivity index (χ2v) is 8.79. The maximum atomic E-state index is 12.4. The predicted octanol–water partition coefficient (Wildman–Crippen LogP) is 4.36. The average molecular weight is 472 g/mol. The average Bonchev–Trinajstić information content (AvgIpc) is 3.13. The number of anilines is 1. The third-order valence-electron chi connectivity index (χ3n) is 5.67. The molecule has 32 heavy (non-hydrogen) atoms. The summed E-state index contributed by atoms with van der Waals surface area (Å²) in [6, 6.07) is 13.4. The van der Waals surface area contributed by atoms with Gasteiger partial charge in [0, 0.05) is 31.7 Å². The first kappa shape index (κ1) is 22.7. The van der Waals surface area contributed by atoms with Crippen molar-refractivity contribution in [3.05, 3.63) is 63.5 Å². The first-order valence-corrected chi connectivity index (χ1v) is 11.3. The number of carbonyl (C=O) groups excluding carboxylic acids is 1. The number of aromatic nitrogens is 2. The van der Waals surface area contributed by atoms with Crippen LogP contribution in [0.3, 0.4) is 0 Å². The third kappa shape index (κ3) is 5.45. The SMILES string of the molecule is Cc1ccc(-c2nn(CN3CCN(CC(=O)Nc4ccccc4Cl)CC3)c(=S)o2)cc1C. The summed E-state index contributed by atoms with van der Waals surface area (Å²) in [4.78, 5) is 17.1. The van der Waals surface area contributed by atoms with Crippen LogP contribution in [0.1, 0.15) is 11.1 Å². The molecule has 2 heterocycles. The molecule has 0 atom stereocenters. The predicted molar refractivity (Wildman–Crippen MR) is 128 cm³/mol. The molecule has 1 N–H and O–H groups in total. The Balaban J connectivity index is 1.30. The van der Waals surface area contributed by atoms with Crippen LogP contribution in [0.2, 0.25) is 5.02 Å². The highest BCUT2D eigenvalue weighted by atomic mass is 35.5. The summed E-state index contributed by atoms with van der Waals surface area (Å²) >= 11 is 11.5. The number of nitrogens with zero attached hydrogens (tertiary/aromatic N) is 4. The van der Waals surface area contributed by atoms with Crippen LogP contribution in [0.25, 0.3) is 11.5 Å². The van der Waals surface area contributed by atoms with Gasteiger partial charge in [-0.1, -0.05) is 29.8 Å². The van der Waals surface area contributed by atoms with Crippen molar-refractivity contribution in [2.75, 3.05) is 38.0 Å². The van der Waals surface area contributed by atoms with Crippen molar-refractivity contribution in [1.82, 2.24) is 19.6 Å². The number of piperazine rings is 1. The highest BCUT2D eigenvalue weighted by Crippen LogP contribution is 2.22. The van der Waals surface area contributed by atoms with E-state index in [9.17, 15) is 4.79 Å². The highest BCUT2D eigenvalue weighted by molar-refractivity contribution is 7.71. The van der Waals surface area contributed by atoms with Crippen molar-refractivity contribution in [3.8, 4) is 11.5 Å². The van der Waals surface area contributed by atoms with Crippen LogP contribution in [-0.2, 0) is 11.5 Å². The zero-order chi connectivity index (χ0) is 22.7. The van der Waals surface area contributed by atoms with E-state index in [1.807, 2.05) is 18.2 Å². The van der Waals surface area contributed by atoms with E-state index in [0.29, 0.717) is 34.7 Å². The molecule has 1 fully saturated rings. The van der Waals surface area contributed by atoms with E-state index in [1.165, 1.54) is 11.1 Å². The fourth-order valence-electron chi connectivity index (χ4n) is 3.62. The summed E-state index contributed by atoms with van der Waals surface area (Å²) in [5, 5.41) is 7.99. The molecule has 3 aromatic rings. The molecule has 0 aliphatic carbocycles. The van der Waals surface area contributed by atoms with Gasteiger partial charge in [0.2, 0.25) is 11.8 Å². The first-order valence-electron chi connectivity index (χ1n) is 10.5. The Bertz CT molecular complexity index is 1170. The van der Waals surface area contributed by atoms with Gasteiger partial charge in [-0.3, -0.25) is 14.6 Å². The van der Waals surface area contributed by atoms with Gasteiger partial charge in [-0.25, -0.2) is 4.68 Å². The standard InChI is InChI=1S/C23H26ClN5O2S/c1-16-7-8-18(13-17(16)2)22-26-29(23(32)31-22)15-28-11-9-27(10-12-28)14-21(30)25-20-6-4-3-5-19(20)24/h3-8,13H,9-12,14-15H2,1-2H3,(H,25,30). The van der Waals surface area contributed by atoms with Crippen molar-refractivity contribution in [1.29, 1.82) is 0 Å². The van der Waals surface area contributed by atoms with Crippen LogP contribution in [-0.4, -0.2) is 58.2 Å². The monoisotopic (exact) mass is 471 g/mol. The minimum atomic E-state index is -0.0664. The van der Waals surface area contributed by atoms with Crippen molar-refractivity contribution in [3.63, 3.8) is 0 Å². The van der Waals surface area contributed by atoms with Gasteiger partial charge in [-0.2, -0.15) is 0 Å². The van der Waals surface area contributed by atoms with Crippen LogP contribution in [0, 0.1) is 18.7 Å². The van der Waals surface area contributed by atoms with Crippen LogP contribution in [0.5, 0.6) is 0 Å². The molecule has 2 aromatic carbocycles. The van der Waals surface area contributed by atoms with Gasteiger partial charge in [-0.15, -0.1) is 5.10 Å². The number of para-hydroxylation sites is 1. The Hall–Kier alpha value is -2.52. The smallest absolute Gasteiger partial charge is 0.288 e. The Morgan fingerprint density at radius 2 is 1.81 bits per heavy atom. The zero-order valence-corrected chi connectivity index (χ0v) is 19.7. The largest absolute Gasteiger partial charge is 0.409 e. The molecule has 0 radical (unpaired) electrons. The molecule has 1 aliphatic rings. The quantitative estimate of drug-likeness (QED) is 0.539. The fraction of sp³-hybridized carbons (Fsp3) is 0.348. The fourth-order valence-corrected chi connectivity index (χ4v) is 3.98.